The zero-order valence-corrected chi connectivity index (χ0v) is 7.90. The molecule has 0 saturated heterocycles. The lowest BCUT2D eigenvalue weighted by Gasteiger charge is -2.30. The molecule has 0 aromatic heterocycles. The summed E-state index contributed by atoms with van der Waals surface area (Å²) in [5.41, 5.74) is 5.45. The van der Waals surface area contributed by atoms with Gasteiger partial charge in [-0.3, -0.25) is 4.79 Å². The average Bonchev–Trinajstić information content (AvgIpc) is 1.85. The molecule has 0 spiro atoms. The van der Waals surface area contributed by atoms with Gasteiger partial charge in [0.1, 0.15) is 0 Å². The van der Waals surface area contributed by atoms with Gasteiger partial charge in [0.25, 0.3) is 0 Å². The van der Waals surface area contributed by atoms with E-state index in [0.29, 0.717) is 12.2 Å². The number of rotatable bonds is 4. The first-order chi connectivity index (χ1) is 5.42. The molecule has 12 heavy (non-hydrogen) atoms. The molecule has 4 nitrogen and oxygen atoms in total. The second kappa shape index (κ2) is 4.11. The second-order valence-electron chi connectivity index (χ2n) is 3.07. The molecule has 1 atom stereocenters. The normalized spacial score (nSPS) is 14.9. The molecular formula is C8H17N3O. The SMILES string of the molecule is C=C(N)C(C)(CNC)NC(C)=O. The van der Waals surface area contributed by atoms with E-state index in [1.807, 2.05) is 6.92 Å². The van der Waals surface area contributed by atoms with E-state index in [-0.39, 0.29) is 5.91 Å². The molecule has 0 aromatic carbocycles. The molecule has 0 aliphatic heterocycles. The Morgan fingerprint density at radius 1 is 1.67 bits per heavy atom. The summed E-state index contributed by atoms with van der Waals surface area (Å²) in [7, 11) is 1.79. The first-order valence-corrected chi connectivity index (χ1v) is 3.80. The van der Waals surface area contributed by atoms with Gasteiger partial charge in [-0.05, 0) is 14.0 Å². The van der Waals surface area contributed by atoms with Crippen LogP contribution in [0.25, 0.3) is 0 Å². The van der Waals surface area contributed by atoms with Gasteiger partial charge in [-0.2, -0.15) is 0 Å². The highest BCUT2D eigenvalue weighted by atomic mass is 16.1. The van der Waals surface area contributed by atoms with Gasteiger partial charge < -0.3 is 16.4 Å². The van der Waals surface area contributed by atoms with Crippen molar-refractivity contribution in [2.45, 2.75) is 19.4 Å². The standard InChI is InChI=1S/C8H17N3O/c1-6(9)8(3,5-10-4)11-7(2)12/h10H,1,5,9H2,2-4H3,(H,11,12). The highest BCUT2D eigenvalue weighted by Gasteiger charge is 2.25. The van der Waals surface area contributed by atoms with Gasteiger partial charge in [0.05, 0.1) is 5.54 Å². The Balaban J connectivity index is 4.38. The monoisotopic (exact) mass is 171 g/mol. The zero-order valence-electron chi connectivity index (χ0n) is 7.90. The Kier molecular flexibility index (Phi) is 3.76. The molecule has 0 aliphatic rings. The number of amides is 1. The summed E-state index contributed by atoms with van der Waals surface area (Å²) in [4.78, 5) is 10.8. The Hall–Kier alpha value is -1.03. The summed E-state index contributed by atoms with van der Waals surface area (Å²) in [6, 6.07) is 0. The van der Waals surface area contributed by atoms with Crippen LogP contribution in [0.1, 0.15) is 13.8 Å². The minimum absolute atomic E-state index is 0.112. The predicted molar refractivity (Wildman–Crippen MR) is 49.5 cm³/mol. The number of hydrogen-bond donors (Lipinski definition) is 3. The van der Waals surface area contributed by atoms with Crippen LogP contribution in [-0.4, -0.2) is 25.0 Å². The van der Waals surface area contributed by atoms with Crippen molar-refractivity contribution in [2.24, 2.45) is 5.73 Å². The van der Waals surface area contributed by atoms with Crippen LogP contribution in [0.3, 0.4) is 0 Å². The fourth-order valence-corrected chi connectivity index (χ4v) is 0.980. The molecule has 0 bridgehead atoms. The van der Waals surface area contributed by atoms with Crippen LogP contribution < -0.4 is 16.4 Å². The van der Waals surface area contributed by atoms with Crippen LogP contribution in [0.2, 0.25) is 0 Å². The Bertz CT molecular complexity index is 191. The van der Waals surface area contributed by atoms with Crippen molar-refractivity contribution in [1.82, 2.24) is 10.6 Å². The van der Waals surface area contributed by atoms with Crippen molar-refractivity contribution in [1.29, 1.82) is 0 Å². The van der Waals surface area contributed by atoms with Gasteiger partial charge in [0, 0.05) is 19.2 Å². The molecule has 1 unspecified atom stereocenters. The third kappa shape index (κ3) is 2.92. The predicted octanol–water partition coefficient (Wildman–Crippen LogP) is -0.427. The van der Waals surface area contributed by atoms with Crippen molar-refractivity contribution < 1.29 is 4.79 Å². The van der Waals surface area contributed by atoms with Gasteiger partial charge in [0.15, 0.2) is 0 Å². The van der Waals surface area contributed by atoms with Crippen molar-refractivity contribution >= 4 is 5.91 Å². The van der Waals surface area contributed by atoms with E-state index in [0.717, 1.165) is 0 Å². The maximum Gasteiger partial charge on any atom is 0.217 e. The third-order valence-corrected chi connectivity index (χ3v) is 1.69. The summed E-state index contributed by atoms with van der Waals surface area (Å²) < 4.78 is 0. The van der Waals surface area contributed by atoms with Gasteiger partial charge in [-0.1, -0.05) is 6.58 Å². The molecule has 0 radical (unpaired) electrons. The first-order valence-electron chi connectivity index (χ1n) is 3.80. The highest BCUT2D eigenvalue weighted by Crippen LogP contribution is 2.08. The van der Waals surface area contributed by atoms with E-state index in [9.17, 15) is 4.79 Å². The average molecular weight is 171 g/mol. The highest BCUT2D eigenvalue weighted by molar-refractivity contribution is 5.74. The molecule has 0 heterocycles. The van der Waals surface area contributed by atoms with Gasteiger partial charge in [-0.25, -0.2) is 0 Å². The topological polar surface area (TPSA) is 67.2 Å². The van der Waals surface area contributed by atoms with Crippen LogP contribution in [0, 0.1) is 0 Å². The summed E-state index contributed by atoms with van der Waals surface area (Å²) in [6.07, 6.45) is 0. The molecule has 0 aliphatic carbocycles. The van der Waals surface area contributed by atoms with Gasteiger partial charge in [0.2, 0.25) is 5.91 Å². The number of hydrogen-bond acceptors (Lipinski definition) is 3. The van der Waals surface area contributed by atoms with Crippen LogP contribution in [0.4, 0.5) is 0 Å². The summed E-state index contributed by atoms with van der Waals surface area (Å²) in [5.74, 6) is -0.112. The van der Waals surface area contributed by atoms with Crippen molar-refractivity contribution in [3.63, 3.8) is 0 Å². The fraction of sp³-hybridized carbons (Fsp3) is 0.625. The molecule has 70 valence electrons. The van der Waals surface area contributed by atoms with E-state index in [1.54, 1.807) is 7.05 Å². The number of nitrogens with one attached hydrogen (secondary N) is 2. The van der Waals surface area contributed by atoms with E-state index in [4.69, 9.17) is 5.73 Å². The maximum absolute atomic E-state index is 10.8. The van der Waals surface area contributed by atoms with E-state index in [2.05, 4.69) is 17.2 Å². The summed E-state index contributed by atoms with van der Waals surface area (Å²) in [6.45, 7) is 7.48. The van der Waals surface area contributed by atoms with Crippen molar-refractivity contribution in [3.05, 3.63) is 12.3 Å². The zero-order chi connectivity index (χ0) is 9.78. The quantitative estimate of drug-likeness (QED) is 0.538. The number of likely N-dealkylation sites (N-methyl/N-ethyl adjacent to an activating group) is 1. The summed E-state index contributed by atoms with van der Waals surface area (Å²) >= 11 is 0. The van der Waals surface area contributed by atoms with Crippen molar-refractivity contribution in [3.8, 4) is 0 Å². The van der Waals surface area contributed by atoms with Crippen molar-refractivity contribution in [2.75, 3.05) is 13.6 Å². The smallest absolute Gasteiger partial charge is 0.217 e. The molecule has 0 aromatic rings. The van der Waals surface area contributed by atoms with E-state index >= 15 is 0 Å². The fourth-order valence-electron chi connectivity index (χ4n) is 0.980. The van der Waals surface area contributed by atoms with Crippen LogP contribution in [-0.2, 0) is 4.79 Å². The van der Waals surface area contributed by atoms with Crippen LogP contribution in [0.5, 0.6) is 0 Å². The molecule has 4 N–H and O–H groups in total. The van der Waals surface area contributed by atoms with Crippen LogP contribution >= 0.6 is 0 Å². The lowest BCUT2D eigenvalue weighted by Crippen LogP contribution is -2.54. The minimum Gasteiger partial charge on any atom is -0.401 e. The lowest BCUT2D eigenvalue weighted by atomic mass is 9.99. The summed E-state index contributed by atoms with van der Waals surface area (Å²) in [5, 5.41) is 5.67. The number of nitrogens with two attached hydrogens (primary N) is 1. The lowest BCUT2D eigenvalue weighted by molar-refractivity contribution is -0.120. The molecule has 4 heteroatoms. The van der Waals surface area contributed by atoms with Gasteiger partial charge in [-0.15, -0.1) is 0 Å². The Labute approximate surface area is 73.2 Å². The molecular weight excluding hydrogens is 154 g/mol. The Morgan fingerprint density at radius 3 is 2.42 bits per heavy atom. The molecule has 0 rings (SSSR count). The third-order valence-electron chi connectivity index (χ3n) is 1.69. The molecule has 0 fully saturated rings. The van der Waals surface area contributed by atoms with E-state index in [1.165, 1.54) is 6.92 Å². The van der Waals surface area contributed by atoms with E-state index < -0.39 is 5.54 Å². The second-order valence-corrected chi connectivity index (χ2v) is 3.07. The Morgan fingerprint density at radius 2 is 2.17 bits per heavy atom. The number of carbonyl (C=O) groups is 1. The molecule has 0 saturated carbocycles. The van der Waals surface area contributed by atoms with Gasteiger partial charge >= 0.3 is 0 Å². The largest absolute Gasteiger partial charge is 0.401 e. The minimum atomic E-state index is -0.555. The maximum atomic E-state index is 10.8. The first kappa shape index (κ1) is 11.0. The number of carbonyl (C=O) groups excluding carboxylic acids is 1. The molecule has 1 amide bonds. The van der Waals surface area contributed by atoms with Crippen LogP contribution in [0.15, 0.2) is 12.3 Å².